The van der Waals surface area contributed by atoms with E-state index in [1.165, 1.54) is 0 Å². The maximum Gasteiger partial charge on any atom is 0.106 e. The van der Waals surface area contributed by atoms with E-state index in [0.29, 0.717) is 4.99 Å². The average Bonchev–Trinajstić information content (AvgIpc) is 2.35. The van der Waals surface area contributed by atoms with Crippen LogP contribution in [0.1, 0.15) is 11.1 Å². The van der Waals surface area contributed by atoms with Gasteiger partial charge >= 0.3 is 0 Å². The number of aryl methyl sites for hydroxylation is 1. The highest BCUT2D eigenvalue weighted by molar-refractivity contribution is 9.11. The predicted octanol–water partition coefficient (Wildman–Crippen LogP) is 4.90. The Bertz CT molecular complexity index is 621. The third-order valence-corrected chi connectivity index (χ3v) is 4.29. The second-order valence-corrected chi connectivity index (χ2v) is 6.23. The molecule has 2 nitrogen and oxygen atoms in total. The van der Waals surface area contributed by atoms with E-state index in [2.05, 4.69) is 37.2 Å². The van der Waals surface area contributed by atoms with Gasteiger partial charge in [0.1, 0.15) is 4.99 Å². The van der Waals surface area contributed by atoms with Crippen molar-refractivity contribution < 1.29 is 0 Å². The molecule has 0 spiro atoms. The van der Waals surface area contributed by atoms with Gasteiger partial charge in [0.25, 0.3) is 0 Å². The topological polar surface area (TPSA) is 38.0 Å². The molecule has 0 unspecified atom stereocenters. The third-order valence-electron chi connectivity index (χ3n) is 2.75. The molecule has 0 aromatic heterocycles. The minimum atomic E-state index is 0.384. The molecule has 0 saturated carbocycles. The van der Waals surface area contributed by atoms with Crippen LogP contribution < -0.4 is 11.1 Å². The molecule has 0 saturated heterocycles. The van der Waals surface area contributed by atoms with Crippen LogP contribution in [0, 0.1) is 6.92 Å². The van der Waals surface area contributed by atoms with Gasteiger partial charge in [0.2, 0.25) is 0 Å². The van der Waals surface area contributed by atoms with Crippen molar-refractivity contribution in [2.24, 2.45) is 5.73 Å². The quantitative estimate of drug-likeness (QED) is 0.721. The lowest BCUT2D eigenvalue weighted by Crippen LogP contribution is -2.12. The van der Waals surface area contributed by atoms with Gasteiger partial charge in [-0.2, -0.15) is 0 Å². The van der Waals surface area contributed by atoms with E-state index >= 15 is 0 Å². The number of rotatable bonds is 3. The van der Waals surface area contributed by atoms with Crippen molar-refractivity contribution in [3.8, 4) is 0 Å². The molecule has 3 N–H and O–H groups in total. The minimum absolute atomic E-state index is 0.384. The van der Waals surface area contributed by atoms with Crippen molar-refractivity contribution in [2.45, 2.75) is 6.92 Å². The number of benzene rings is 2. The highest BCUT2D eigenvalue weighted by atomic mass is 79.9. The summed E-state index contributed by atoms with van der Waals surface area (Å²) in [6.45, 7) is 2.02. The van der Waals surface area contributed by atoms with Gasteiger partial charge in [-0.3, -0.25) is 0 Å². The summed E-state index contributed by atoms with van der Waals surface area (Å²) in [6.07, 6.45) is 0. The standard InChI is InChI=1S/C14H12Br2N2S/c1-8-4-2-5-9(14(17)19)12(8)18-13-10(15)6-3-7-11(13)16/h2-7,18H,1H3,(H2,17,19). The number of thiocarbonyl (C=S) groups is 1. The first kappa shape index (κ1) is 14.5. The van der Waals surface area contributed by atoms with E-state index in [0.717, 1.165) is 31.4 Å². The lowest BCUT2D eigenvalue weighted by Gasteiger charge is -2.16. The van der Waals surface area contributed by atoms with Crippen molar-refractivity contribution in [3.05, 3.63) is 56.5 Å². The van der Waals surface area contributed by atoms with Gasteiger partial charge in [-0.1, -0.05) is 30.4 Å². The number of halogens is 2. The zero-order valence-corrected chi connectivity index (χ0v) is 14.2. The van der Waals surface area contributed by atoms with Gasteiger partial charge in [0.15, 0.2) is 0 Å². The summed E-state index contributed by atoms with van der Waals surface area (Å²) in [5.41, 5.74) is 9.60. The monoisotopic (exact) mass is 398 g/mol. The van der Waals surface area contributed by atoms with Crippen molar-refractivity contribution in [1.29, 1.82) is 0 Å². The molecule has 5 heteroatoms. The average molecular weight is 400 g/mol. The van der Waals surface area contributed by atoms with E-state index in [9.17, 15) is 0 Å². The van der Waals surface area contributed by atoms with Gasteiger partial charge in [-0.05, 0) is 62.5 Å². The van der Waals surface area contributed by atoms with Gasteiger partial charge in [-0.15, -0.1) is 0 Å². The molecule has 98 valence electrons. The lowest BCUT2D eigenvalue weighted by molar-refractivity contribution is 1.40. The van der Waals surface area contributed by atoms with E-state index in [-0.39, 0.29) is 0 Å². The van der Waals surface area contributed by atoms with Gasteiger partial charge in [0, 0.05) is 14.5 Å². The van der Waals surface area contributed by atoms with Crippen LogP contribution in [0.3, 0.4) is 0 Å². The Hall–Kier alpha value is -0.910. The van der Waals surface area contributed by atoms with Crippen molar-refractivity contribution >= 4 is 60.4 Å². The molecule has 2 aromatic rings. The van der Waals surface area contributed by atoms with Gasteiger partial charge in [0.05, 0.1) is 11.4 Å². The molecule has 2 aromatic carbocycles. The van der Waals surface area contributed by atoms with E-state index in [1.807, 2.05) is 43.3 Å². The summed E-state index contributed by atoms with van der Waals surface area (Å²) in [6, 6.07) is 11.8. The summed E-state index contributed by atoms with van der Waals surface area (Å²) in [7, 11) is 0. The number of hydrogen-bond acceptors (Lipinski definition) is 2. The molecule has 0 bridgehead atoms. The molecule has 0 aliphatic rings. The fraction of sp³-hybridized carbons (Fsp3) is 0.0714. The van der Waals surface area contributed by atoms with E-state index < -0.39 is 0 Å². The number of para-hydroxylation sites is 2. The van der Waals surface area contributed by atoms with Crippen LogP contribution >= 0.6 is 44.1 Å². The Labute approximate surface area is 134 Å². The van der Waals surface area contributed by atoms with Crippen LogP contribution in [0.15, 0.2) is 45.3 Å². The fourth-order valence-corrected chi connectivity index (χ4v) is 3.15. The van der Waals surface area contributed by atoms with Gasteiger partial charge in [-0.25, -0.2) is 0 Å². The second-order valence-electron chi connectivity index (χ2n) is 4.08. The fourth-order valence-electron chi connectivity index (χ4n) is 1.78. The van der Waals surface area contributed by atoms with Crippen LogP contribution in [0.25, 0.3) is 0 Å². The molecule has 2 rings (SSSR count). The van der Waals surface area contributed by atoms with Gasteiger partial charge < -0.3 is 11.1 Å². The largest absolute Gasteiger partial charge is 0.389 e. The Morgan fingerprint density at radius 1 is 1.05 bits per heavy atom. The lowest BCUT2D eigenvalue weighted by atomic mass is 10.1. The summed E-state index contributed by atoms with van der Waals surface area (Å²) < 4.78 is 1.94. The molecule has 19 heavy (non-hydrogen) atoms. The van der Waals surface area contributed by atoms with E-state index in [1.54, 1.807) is 0 Å². The van der Waals surface area contributed by atoms with E-state index in [4.69, 9.17) is 18.0 Å². The van der Waals surface area contributed by atoms with Crippen LogP contribution in [0.4, 0.5) is 11.4 Å². The predicted molar refractivity (Wildman–Crippen MR) is 92.2 cm³/mol. The Morgan fingerprint density at radius 3 is 2.21 bits per heavy atom. The minimum Gasteiger partial charge on any atom is -0.389 e. The Balaban J connectivity index is 2.52. The maximum absolute atomic E-state index is 5.78. The molecule has 0 radical (unpaired) electrons. The zero-order valence-electron chi connectivity index (χ0n) is 10.2. The normalized spacial score (nSPS) is 10.3. The van der Waals surface area contributed by atoms with Crippen molar-refractivity contribution in [1.82, 2.24) is 0 Å². The van der Waals surface area contributed by atoms with Crippen molar-refractivity contribution in [2.75, 3.05) is 5.32 Å². The molecular weight excluding hydrogens is 388 g/mol. The van der Waals surface area contributed by atoms with Crippen LogP contribution in [0.5, 0.6) is 0 Å². The first-order chi connectivity index (χ1) is 9.00. The number of anilines is 2. The number of hydrogen-bond donors (Lipinski definition) is 2. The van der Waals surface area contributed by atoms with Crippen LogP contribution in [-0.4, -0.2) is 4.99 Å². The van der Waals surface area contributed by atoms with Crippen molar-refractivity contribution in [3.63, 3.8) is 0 Å². The summed E-state index contributed by atoms with van der Waals surface area (Å²) in [5.74, 6) is 0. The number of nitrogens with two attached hydrogens (primary N) is 1. The number of nitrogens with one attached hydrogen (secondary N) is 1. The van der Waals surface area contributed by atoms with Crippen LogP contribution in [-0.2, 0) is 0 Å². The summed E-state index contributed by atoms with van der Waals surface area (Å²) in [5, 5.41) is 3.40. The highest BCUT2D eigenvalue weighted by Crippen LogP contribution is 2.35. The maximum atomic E-state index is 5.78. The zero-order chi connectivity index (χ0) is 14.0. The Kier molecular flexibility index (Phi) is 4.60. The molecule has 0 aliphatic carbocycles. The third kappa shape index (κ3) is 3.16. The molecule has 0 fully saturated rings. The van der Waals surface area contributed by atoms with Crippen LogP contribution in [0.2, 0.25) is 0 Å². The second kappa shape index (κ2) is 6.03. The highest BCUT2D eigenvalue weighted by Gasteiger charge is 2.11. The SMILES string of the molecule is Cc1cccc(C(N)=S)c1Nc1c(Br)cccc1Br. The molecular formula is C14H12Br2N2S. The summed E-state index contributed by atoms with van der Waals surface area (Å²) in [4.78, 5) is 0.384. The first-order valence-electron chi connectivity index (χ1n) is 5.61. The molecule has 0 amide bonds. The molecule has 0 aliphatic heterocycles. The molecule has 0 atom stereocenters. The smallest absolute Gasteiger partial charge is 0.106 e. The summed E-state index contributed by atoms with van der Waals surface area (Å²) >= 11 is 12.2. The molecule has 0 heterocycles. The first-order valence-corrected chi connectivity index (χ1v) is 7.60. The Morgan fingerprint density at radius 2 is 1.63 bits per heavy atom.